The monoisotopic (exact) mass is 153 g/mol. The van der Waals surface area contributed by atoms with E-state index in [0.717, 1.165) is 12.8 Å². The van der Waals surface area contributed by atoms with Crippen LogP contribution in [0.1, 0.15) is 40.5 Å². The Morgan fingerprint density at radius 1 is 1.27 bits per heavy atom. The van der Waals surface area contributed by atoms with E-state index in [0.29, 0.717) is 5.76 Å². The van der Waals surface area contributed by atoms with Gasteiger partial charge in [-0.3, -0.25) is 5.11 Å². The van der Waals surface area contributed by atoms with Crippen molar-refractivity contribution in [2.45, 2.75) is 40.5 Å². The largest absolute Gasteiger partial charge is 0.295 e. The summed E-state index contributed by atoms with van der Waals surface area (Å²) in [6, 6.07) is 0. The summed E-state index contributed by atoms with van der Waals surface area (Å²) in [7, 11) is 0. The van der Waals surface area contributed by atoms with Crippen molar-refractivity contribution in [3.8, 4) is 0 Å². The lowest BCUT2D eigenvalue weighted by atomic mass is 9.69. The highest BCUT2D eigenvalue weighted by molar-refractivity contribution is 5.08. The summed E-state index contributed by atoms with van der Waals surface area (Å²) in [6.45, 7) is 8.59. The molecule has 0 aromatic heterocycles. The Morgan fingerprint density at radius 2 is 1.82 bits per heavy atom. The molecule has 0 atom stereocenters. The maximum atomic E-state index is 11.2. The van der Waals surface area contributed by atoms with E-state index in [1.807, 2.05) is 6.08 Å². The van der Waals surface area contributed by atoms with Crippen LogP contribution in [-0.2, 0) is 5.11 Å². The Hall–Kier alpha value is -0.460. The third-order valence-corrected chi connectivity index (χ3v) is 2.14. The van der Waals surface area contributed by atoms with Gasteiger partial charge in [-0.2, -0.15) is 0 Å². The van der Waals surface area contributed by atoms with Crippen molar-refractivity contribution in [3.63, 3.8) is 0 Å². The molecule has 0 unspecified atom stereocenters. The minimum atomic E-state index is 0.110. The summed E-state index contributed by atoms with van der Waals surface area (Å²) < 4.78 is 0. The normalized spacial score (nSPS) is 27.8. The first-order chi connectivity index (χ1) is 4.81. The average molecular weight is 153 g/mol. The maximum Gasteiger partial charge on any atom is 0.152 e. The summed E-state index contributed by atoms with van der Waals surface area (Å²) in [4.78, 5) is 0. The minimum Gasteiger partial charge on any atom is -0.295 e. The predicted octanol–water partition coefficient (Wildman–Crippen LogP) is 3.15. The standard InChI is InChI=1S/C10H17O/c1-9(2)5-8(11)6-10(3,4)7-9/h5H,6-7H2,1-4H3. The molecular weight excluding hydrogens is 136 g/mol. The fraction of sp³-hybridized carbons (Fsp3) is 0.800. The summed E-state index contributed by atoms with van der Waals surface area (Å²) >= 11 is 0. The van der Waals surface area contributed by atoms with E-state index in [-0.39, 0.29) is 10.8 Å². The first-order valence-corrected chi connectivity index (χ1v) is 4.20. The van der Waals surface area contributed by atoms with Gasteiger partial charge in [0.2, 0.25) is 0 Å². The second-order valence-electron chi connectivity index (χ2n) is 5.12. The van der Waals surface area contributed by atoms with Crippen molar-refractivity contribution < 1.29 is 5.11 Å². The molecule has 0 heterocycles. The van der Waals surface area contributed by atoms with Crippen LogP contribution in [0.4, 0.5) is 0 Å². The SMILES string of the molecule is CC1(C)C=C([O])CC(C)(C)C1. The second kappa shape index (κ2) is 2.26. The van der Waals surface area contributed by atoms with Crippen molar-refractivity contribution in [2.75, 3.05) is 0 Å². The average Bonchev–Trinajstić information content (AvgIpc) is 1.49. The van der Waals surface area contributed by atoms with Crippen molar-refractivity contribution in [1.82, 2.24) is 0 Å². The van der Waals surface area contributed by atoms with Crippen LogP contribution in [0.3, 0.4) is 0 Å². The van der Waals surface area contributed by atoms with Crippen LogP contribution in [-0.4, -0.2) is 0 Å². The van der Waals surface area contributed by atoms with E-state index >= 15 is 0 Å². The molecule has 0 aromatic rings. The molecule has 1 radical (unpaired) electrons. The molecule has 1 rings (SSSR count). The number of hydrogen-bond donors (Lipinski definition) is 0. The molecule has 0 fully saturated rings. The minimum absolute atomic E-state index is 0.110. The zero-order chi connectivity index (χ0) is 8.70. The molecule has 0 spiro atoms. The van der Waals surface area contributed by atoms with E-state index in [4.69, 9.17) is 0 Å². The fourth-order valence-corrected chi connectivity index (χ4v) is 2.31. The van der Waals surface area contributed by atoms with Gasteiger partial charge in [-0.15, -0.1) is 0 Å². The lowest BCUT2D eigenvalue weighted by Gasteiger charge is -2.36. The first-order valence-electron chi connectivity index (χ1n) is 4.20. The van der Waals surface area contributed by atoms with Gasteiger partial charge >= 0.3 is 0 Å². The van der Waals surface area contributed by atoms with Gasteiger partial charge in [-0.25, -0.2) is 0 Å². The van der Waals surface area contributed by atoms with Crippen LogP contribution in [0.25, 0.3) is 0 Å². The Balaban J connectivity index is 2.86. The summed E-state index contributed by atoms with van der Waals surface area (Å²) in [5.74, 6) is 0.311. The van der Waals surface area contributed by atoms with Crippen LogP contribution < -0.4 is 0 Å². The Kier molecular flexibility index (Phi) is 1.78. The molecule has 1 nitrogen and oxygen atoms in total. The number of hydrogen-bond acceptors (Lipinski definition) is 0. The Morgan fingerprint density at radius 3 is 2.18 bits per heavy atom. The number of rotatable bonds is 0. The molecule has 1 aliphatic carbocycles. The summed E-state index contributed by atoms with van der Waals surface area (Å²) in [5.41, 5.74) is 0.314. The molecule has 0 amide bonds. The van der Waals surface area contributed by atoms with Gasteiger partial charge in [-0.1, -0.05) is 27.7 Å². The van der Waals surface area contributed by atoms with Crippen molar-refractivity contribution in [3.05, 3.63) is 11.8 Å². The Bertz CT molecular complexity index is 187. The third kappa shape index (κ3) is 2.25. The third-order valence-electron chi connectivity index (χ3n) is 2.14. The highest BCUT2D eigenvalue weighted by Crippen LogP contribution is 2.43. The zero-order valence-electron chi connectivity index (χ0n) is 7.90. The topological polar surface area (TPSA) is 19.9 Å². The van der Waals surface area contributed by atoms with Gasteiger partial charge in [-0.05, 0) is 23.3 Å². The van der Waals surface area contributed by atoms with E-state index in [1.54, 1.807) is 0 Å². The highest BCUT2D eigenvalue weighted by Gasteiger charge is 2.33. The molecule has 0 aromatic carbocycles. The van der Waals surface area contributed by atoms with Crippen LogP contribution in [0.2, 0.25) is 0 Å². The molecule has 0 N–H and O–H groups in total. The molecule has 1 heteroatoms. The summed E-state index contributed by atoms with van der Waals surface area (Å²) in [6.07, 6.45) is 3.71. The predicted molar refractivity (Wildman–Crippen MR) is 45.6 cm³/mol. The van der Waals surface area contributed by atoms with E-state index in [9.17, 15) is 5.11 Å². The maximum absolute atomic E-state index is 11.2. The number of allylic oxidation sites excluding steroid dienone is 2. The Labute approximate surface area is 69.1 Å². The van der Waals surface area contributed by atoms with E-state index < -0.39 is 0 Å². The lowest BCUT2D eigenvalue weighted by Crippen LogP contribution is -2.26. The zero-order valence-corrected chi connectivity index (χ0v) is 7.90. The van der Waals surface area contributed by atoms with Gasteiger partial charge in [0.15, 0.2) is 5.76 Å². The smallest absolute Gasteiger partial charge is 0.152 e. The molecule has 0 aliphatic heterocycles. The lowest BCUT2D eigenvalue weighted by molar-refractivity contribution is 0.147. The quantitative estimate of drug-likeness (QED) is 0.509. The van der Waals surface area contributed by atoms with Gasteiger partial charge < -0.3 is 0 Å². The highest BCUT2D eigenvalue weighted by atomic mass is 16.3. The van der Waals surface area contributed by atoms with E-state index in [2.05, 4.69) is 27.7 Å². The van der Waals surface area contributed by atoms with Gasteiger partial charge in [0, 0.05) is 6.42 Å². The van der Waals surface area contributed by atoms with Gasteiger partial charge in [0.25, 0.3) is 0 Å². The van der Waals surface area contributed by atoms with Gasteiger partial charge in [0.05, 0.1) is 0 Å². The van der Waals surface area contributed by atoms with Crippen LogP contribution in [0.15, 0.2) is 11.8 Å². The van der Waals surface area contributed by atoms with Crippen LogP contribution in [0.5, 0.6) is 0 Å². The first kappa shape index (κ1) is 8.63. The molecule has 1 aliphatic rings. The molecule has 0 saturated heterocycles. The van der Waals surface area contributed by atoms with Gasteiger partial charge in [0.1, 0.15) is 0 Å². The molecule has 0 saturated carbocycles. The van der Waals surface area contributed by atoms with E-state index in [1.165, 1.54) is 0 Å². The molecular formula is C10H17O. The van der Waals surface area contributed by atoms with Crippen molar-refractivity contribution in [1.29, 1.82) is 0 Å². The molecule has 11 heavy (non-hydrogen) atoms. The second-order valence-corrected chi connectivity index (χ2v) is 5.12. The molecule has 63 valence electrons. The molecule has 0 bridgehead atoms. The van der Waals surface area contributed by atoms with Crippen molar-refractivity contribution >= 4 is 0 Å². The van der Waals surface area contributed by atoms with Crippen LogP contribution >= 0.6 is 0 Å². The summed E-state index contributed by atoms with van der Waals surface area (Å²) in [5, 5.41) is 11.2. The van der Waals surface area contributed by atoms with Crippen LogP contribution in [0, 0.1) is 10.8 Å². The van der Waals surface area contributed by atoms with Crippen molar-refractivity contribution in [2.24, 2.45) is 10.8 Å². The fourth-order valence-electron chi connectivity index (χ4n) is 2.31.